The van der Waals surface area contributed by atoms with Crippen LogP contribution in [0.15, 0.2) is 23.1 Å². The molecule has 0 aliphatic heterocycles. The topological polar surface area (TPSA) is 93.5 Å². The molecule has 114 valence electrons. The highest BCUT2D eigenvalue weighted by Gasteiger charge is 2.14. The number of anilines is 2. The minimum atomic E-state index is -3.51. The van der Waals surface area contributed by atoms with Gasteiger partial charge < -0.3 is 15.8 Å². The third kappa shape index (κ3) is 4.99. The number of benzene rings is 1. The van der Waals surface area contributed by atoms with Crippen LogP contribution in [0.5, 0.6) is 0 Å². The minimum Gasteiger partial charge on any atom is -0.398 e. The molecule has 0 aromatic heterocycles. The molecule has 0 saturated heterocycles. The van der Waals surface area contributed by atoms with Gasteiger partial charge in [0.05, 0.1) is 12.3 Å². The molecule has 0 saturated carbocycles. The van der Waals surface area contributed by atoms with Crippen LogP contribution in [0.3, 0.4) is 0 Å². The molecule has 0 amide bonds. The third-order valence-electron chi connectivity index (χ3n) is 2.59. The van der Waals surface area contributed by atoms with Crippen molar-refractivity contribution >= 4 is 21.4 Å². The Balaban J connectivity index is 2.56. The lowest BCUT2D eigenvalue weighted by atomic mass is 10.2. The summed E-state index contributed by atoms with van der Waals surface area (Å²) in [7, 11) is -2.16. The van der Waals surface area contributed by atoms with E-state index in [2.05, 4.69) is 23.9 Å². The van der Waals surface area contributed by atoms with Crippen molar-refractivity contribution in [2.24, 2.45) is 5.92 Å². The highest BCUT2D eigenvalue weighted by Crippen LogP contribution is 2.21. The van der Waals surface area contributed by atoms with E-state index in [1.165, 1.54) is 13.1 Å². The van der Waals surface area contributed by atoms with E-state index in [0.717, 1.165) is 12.3 Å². The molecule has 20 heavy (non-hydrogen) atoms. The molecule has 0 bridgehead atoms. The van der Waals surface area contributed by atoms with E-state index in [-0.39, 0.29) is 10.6 Å². The van der Waals surface area contributed by atoms with Gasteiger partial charge in [-0.3, -0.25) is 0 Å². The Kier molecular flexibility index (Phi) is 6.25. The van der Waals surface area contributed by atoms with Crippen molar-refractivity contribution in [3.05, 3.63) is 18.2 Å². The van der Waals surface area contributed by atoms with Crippen molar-refractivity contribution in [3.63, 3.8) is 0 Å². The highest BCUT2D eigenvalue weighted by molar-refractivity contribution is 7.89. The van der Waals surface area contributed by atoms with Gasteiger partial charge in [-0.1, -0.05) is 13.8 Å². The van der Waals surface area contributed by atoms with Crippen LogP contribution in [-0.2, 0) is 14.8 Å². The maximum atomic E-state index is 11.7. The van der Waals surface area contributed by atoms with Crippen LogP contribution >= 0.6 is 0 Å². The van der Waals surface area contributed by atoms with E-state index in [9.17, 15) is 8.42 Å². The van der Waals surface area contributed by atoms with Crippen molar-refractivity contribution in [3.8, 4) is 0 Å². The van der Waals surface area contributed by atoms with E-state index < -0.39 is 10.0 Å². The lowest BCUT2D eigenvalue weighted by Gasteiger charge is -2.11. The van der Waals surface area contributed by atoms with Crippen molar-refractivity contribution in [2.45, 2.75) is 18.7 Å². The van der Waals surface area contributed by atoms with E-state index in [1.54, 1.807) is 12.1 Å². The van der Waals surface area contributed by atoms with Gasteiger partial charge >= 0.3 is 0 Å². The summed E-state index contributed by atoms with van der Waals surface area (Å²) in [6.07, 6.45) is 0. The second-order valence-corrected chi connectivity index (χ2v) is 6.71. The molecule has 1 aromatic rings. The summed E-state index contributed by atoms with van der Waals surface area (Å²) in [4.78, 5) is 0.0848. The van der Waals surface area contributed by atoms with Gasteiger partial charge in [0.2, 0.25) is 10.0 Å². The van der Waals surface area contributed by atoms with E-state index >= 15 is 0 Å². The van der Waals surface area contributed by atoms with Crippen molar-refractivity contribution in [1.29, 1.82) is 0 Å². The molecule has 0 spiro atoms. The largest absolute Gasteiger partial charge is 0.398 e. The van der Waals surface area contributed by atoms with Crippen molar-refractivity contribution in [1.82, 2.24) is 4.72 Å². The lowest BCUT2D eigenvalue weighted by Crippen LogP contribution is -2.20. The van der Waals surface area contributed by atoms with Gasteiger partial charge in [0.25, 0.3) is 0 Å². The van der Waals surface area contributed by atoms with Gasteiger partial charge in [0.1, 0.15) is 4.90 Å². The molecule has 0 heterocycles. The number of nitrogens with two attached hydrogens (primary N) is 1. The Morgan fingerprint density at radius 3 is 2.60 bits per heavy atom. The van der Waals surface area contributed by atoms with Crippen LogP contribution in [0.2, 0.25) is 0 Å². The highest BCUT2D eigenvalue weighted by atomic mass is 32.2. The zero-order chi connectivity index (χ0) is 15.2. The van der Waals surface area contributed by atoms with Crippen LogP contribution in [0, 0.1) is 5.92 Å². The summed E-state index contributed by atoms with van der Waals surface area (Å²) in [5, 5.41) is 3.14. The average Bonchev–Trinajstić information content (AvgIpc) is 2.37. The monoisotopic (exact) mass is 301 g/mol. The van der Waals surface area contributed by atoms with Crippen molar-refractivity contribution < 1.29 is 13.2 Å². The molecule has 0 unspecified atom stereocenters. The Morgan fingerprint density at radius 2 is 2.05 bits per heavy atom. The smallest absolute Gasteiger partial charge is 0.242 e. The standard InChI is InChI=1S/C13H23N3O3S/c1-10(2)9-19-7-6-16-11-4-5-13(12(14)8-11)20(17,18)15-3/h4-5,8,10,15-16H,6-7,9,14H2,1-3H3. The Bertz CT molecular complexity index is 530. The summed E-state index contributed by atoms with van der Waals surface area (Å²) < 4.78 is 31.0. The second-order valence-electron chi connectivity index (χ2n) is 4.86. The van der Waals surface area contributed by atoms with Gasteiger partial charge in [0.15, 0.2) is 0 Å². The normalized spacial score (nSPS) is 11.8. The van der Waals surface area contributed by atoms with Crippen molar-refractivity contribution in [2.75, 3.05) is 37.9 Å². The molecule has 0 aliphatic rings. The molecule has 0 fully saturated rings. The molecular formula is C13H23N3O3S. The third-order valence-corrected chi connectivity index (χ3v) is 4.08. The van der Waals surface area contributed by atoms with Crippen LogP contribution in [0.1, 0.15) is 13.8 Å². The summed E-state index contributed by atoms with van der Waals surface area (Å²) >= 11 is 0. The number of hydrogen-bond acceptors (Lipinski definition) is 5. The second kappa shape index (κ2) is 7.47. The number of nitrogen functional groups attached to an aromatic ring is 1. The summed E-state index contributed by atoms with van der Waals surface area (Å²) in [5.41, 5.74) is 6.75. The summed E-state index contributed by atoms with van der Waals surface area (Å²) in [5.74, 6) is 0.511. The van der Waals surface area contributed by atoms with Crippen LogP contribution < -0.4 is 15.8 Å². The Labute approximate surface area is 120 Å². The molecule has 1 aromatic carbocycles. The first kappa shape index (κ1) is 16.7. The van der Waals surface area contributed by atoms with Gasteiger partial charge in [-0.25, -0.2) is 13.1 Å². The molecular weight excluding hydrogens is 278 g/mol. The molecule has 4 N–H and O–H groups in total. The van der Waals surface area contributed by atoms with Crippen LogP contribution in [0.25, 0.3) is 0 Å². The number of ether oxygens (including phenoxy) is 1. The maximum absolute atomic E-state index is 11.7. The lowest BCUT2D eigenvalue weighted by molar-refractivity contribution is 0.118. The van der Waals surface area contributed by atoms with Gasteiger partial charge in [-0.2, -0.15) is 0 Å². The Morgan fingerprint density at radius 1 is 1.35 bits per heavy atom. The SMILES string of the molecule is CNS(=O)(=O)c1ccc(NCCOCC(C)C)cc1N. The fourth-order valence-electron chi connectivity index (χ4n) is 1.60. The number of rotatable bonds is 8. The first-order chi connectivity index (χ1) is 9.36. The molecule has 1 rings (SSSR count). The molecule has 0 radical (unpaired) electrons. The number of nitrogens with one attached hydrogen (secondary N) is 2. The fraction of sp³-hybridized carbons (Fsp3) is 0.538. The first-order valence-electron chi connectivity index (χ1n) is 6.51. The Hall–Kier alpha value is -1.31. The fourth-order valence-corrected chi connectivity index (χ4v) is 2.44. The first-order valence-corrected chi connectivity index (χ1v) is 8.00. The summed E-state index contributed by atoms with van der Waals surface area (Å²) in [6.45, 7) is 6.15. The maximum Gasteiger partial charge on any atom is 0.242 e. The number of sulfonamides is 1. The zero-order valence-electron chi connectivity index (χ0n) is 12.1. The van der Waals surface area contributed by atoms with Gasteiger partial charge in [-0.15, -0.1) is 0 Å². The number of hydrogen-bond donors (Lipinski definition) is 3. The van der Waals surface area contributed by atoms with E-state index in [0.29, 0.717) is 19.1 Å². The average molecular weight is 301 g/mol. The summed E-state index contributed by atoms with van der Waals surface area (Å²) in [6, 6.07) is 4.77. The van der Waals surface area contributed by atoms with Gasteiger partial charge in [-0.05, 0) is 31.2 Å². The van der Waals surface area contributed by atoms with Gasteiger partial charge in [0, 0.05) is 18.8 Å². The van der Waals surface area contributed by atoms with E-state index in [4.69, 9.17) is 10.5 Å². The van der Waals surface area contributed by atoms with Crippen LogP contribution in [0.4, 0.5) is 11.4 Å². The zero-order valence-corrected chi connectivity index (χ0v) is 13.0. The molecule has 6 nitrogen and oxygen atoms in total. The predicted molar refractivity (Wildman–Crippen MR) is 81.2 cm³/mol. The van der Waals surface area contributed by atoms with Crippen LogP contribution in [-0.4, -0.2) is 35.2 Å². The molecule has 0 atom stereocenters. The molecule has 7 heteroatoms. The minimum absolute atomic E-state index is 0.0848. The molecule has 0 aliphatic carbocycles. The predicted octanol–water partition coefficient (Wildman–Crippen LogP) is 1.26. The quantitative estimate of drug-likeness (QED) is 0.496. The van der Waals surface area contributed by atoms with E-state index in [1.807, 2.05) is 0 Å².